The maximum Gasteiger partial charge on any atom is 0.262 e. The highest BCUT2D eigenvalue weighted by Gasteiger charge is 2.24. The van der Waals surface area contributed by atoms with Gasteiger partial charge in [-0.05, 0) is 56.5 Å². The molecule has 0 N–H and O–H groups in total. The summed E-state index contributed by atoms with van der Waals surface area (Å²) in [6.07, 6.45) is 1.68. The van der Waals surface area contributed by atoms with Gasteiger partial charge in [-0.1, -0.05) is 41.6 Å². The van der Waals surface area contributed by atoms with Crippen LogP contribution in [0.4, 0.5) is 5.69 Å². The fraction of sp³-hybridized carbons (Fsp3) is 0.375. The average molecular weight is 472 g/mol. The number of hydrogen-bond acceptors (Lipinski definition) is 5. The van der Waals surface area contributed by atoms with E-state index < -0.39 is 0 Å². The van der Waals surface area contributed by atoms with Crippen LogP contribution in [0.15, 0.2) is 52.4 Å². The summed E-state index contributed by atoms with van der Waals surface area (Å²) in [5.41, 5.74) is 2.57. The van der Waals surface area contributed by atoms with E-state index in [0.717, 1.165) is 12.1 Å². The molecule has 0 saturated heterocycles. The predicted molar refractivity (Wildman–Crippen MR) is 130 cm³/mol. The Labute approximate surface area is 196 Å². The highest BCUT2D eigenvalue weighted by Crippen LogP contribution is 2.29. The van der Waals surface area contributed by atoms with Crippen LogP contribution < -0.4 is 10.5 Å². The second kappa shape index (κ2) is 10.1. The van der Waals surface area contributed by atoms with Gasteiger partial charge < -0.3 is 9.64 Å². The lowest BCUT2D eigenvalue weighted by atomic mass is 10.2. The molecular weight excluding hydrogens is 446 g/mol. The van der Waals surface area contributed by atoms with Crippen LogP contribution in [0.3, 0.4) is 0 Å². The van der Waals surface area contributed by atoms with Gasteiger partial charge in [0.1, 0.15) is 0 Å². The van der Waals surface area contributed by atoms with Gasteiger partial charge in [0.2, 0.25) is 5.91 Å². The highest BCUT2D eigenvalue weighted by molar-refractivity contribution is 7.99. The molecule has 1 amide bonds. The molecule has 0 radical (unpaired) electrons. The summed E-state index contributed by atoms with van der Waals surface area (Å²) in [4.78, 5) is 32.7. The summed E-state index contributed by atoms with van der Waals surface area (Å²) >= 11 is 7.42. The second-order valence-electron chi connectivity index (χ2n) is 8.00. The van der Waals surface area contributed by atoms with Gasteiger partial charge in [-0.15, -0.1) is 0 Å². The normalized spacial score (nSPS) is 13.2. The van der Waals surface area contributed by atoms with Gasteiger partial charge in [-0.25, -0.2) is 4.98 Å². The number of amides is 1. The van der Waals surface area contributed by atoms with Gasteiger partial charge >= 0.3 is 0 Å². The quantitative estimate of drug-likeness (QED) is 0.274. The number of fused-ring (bicyclic) bond motifs is 2. The molecule has 6 nitrogen and oxygen atoms in total. The van der Waals surface area contributed by atoms with E-state index >= 15 is 0 Å². The van der Waals surface area contributed by atoms with Crippen molar-refractivity contribution >= 4 is 45.9 Å². The summed E-state index contributed by atoms with van der Waals surface area (Å²) in [6.45, 7) is 5.67. The van der Waals surface area contributed by atoms with Crippen LogP contribution >= 0.6 is 23.4 Å². The zero-order valence-corrected chi connectivity index (χ0v) is 19.8. The van der Waals surface area contributed by atoms with E-state index in [1.165, 1.54) is 17.3 Å². The van der Waals surface area contributed by atoms with Gasteiger partial charge in [0.05, 0.1) is 22.8 Å². The first-order valence-corrected chi connectivity index (χ1v) is 12.1. The van der Waals surface area contributed by atoms with Gasteiger partial charge in [-0.2, -0.15) is 0 Å². The number of thioether (sulfide) groups is 1. The minimum atomic E-state index is -0.127. The number of carbonyl (C=O) groups excluding carboxylic acids is 1. The standard InChI is InChI=1S/C24H26ClN3O3S/c1-16(2)31-13-5-11-28-23(30)19-9-8-18(25)14-20(19)26-24(28)32-15-22(29)27-12-10-17-6-3-4-7-21(17)27/h3-4,6-9,14,16H,5,10-13,15H2,1-2H3. The number of carbonyl (C=O) groups is 1. The van der Waals surface area contributed by atoms with Crippen molar-refractivity contribution in [3.63, 3.8) is 0 Å². The van der Waals surface area contributed by atoms with E-state index in [1.807, 2.05) is 36.9 Å². The fourth-order valence-electron chi connectivity index (χ4n) is 3.82. The van der Waals surface area contributed by atoms with Gasteiger partial charge in [0.25, 0.3) is 5.56 Å². The number of anilines is 1. The average Bonchev–Trinajstić information content (AvgIpc) is 3.20. The lowest BCUT2D eigenvalue weighted by Gasteiger charge is -2.18. The third kappa shape index (κ3) is 5.00. The summed E-state index contributed by atoms with van der Waals surface area (Å²) < 4.78 is 7.27. The second-order valence-corrected chi connectivity index (χ2v) is 9.38. The lowest BCUT2D eigenvalue weighted by molar-refractivity contribution is -0.116. The number of nitrogens with zero attached hydrogens (tertiary/aromatic N) is 3. The molecule has 3 aromatic rings. The first-order valence-electron chi connectivity index (χ1n) is 10.8. The van der Waals surface area contributed by atoms with Crippen molar-refractivity contribution in [2.75, 3.05) is 23.8 Å². The first-order chi connectivity index (χ1) is 15.4. The fourth-order valence-corrected chi connectivity index (χ4v) is 4.89. The topological polar surface area (TPSA) is 64.4 Å². The monoisotopic (exact) mass is 471 g/mol. The SMILES string of the molecule is CC(C)OCCCn1c(SCC(=O)N2CCc3ccccc32)nc2cc(Cl)ccc2c1=O. The van der Waals surface area contributed by atoms with Gasteiger partial charge in [0, 0.05) is 30.4 Å². The molecule has 0 fully saturated rings. The van der Waals surface area contributed by atoms with Crippen molar-refractivity contribution in [1.29, 1.82) is 0 Å². The summed E-state index contributed by atoms with van der Waals surface area (Å²) in [6, 6.07) is 13.1. The van der Waals surface area contributed by atoms with Crippen LogP contribution in [0.2, 0.25) is 5.02 Å². The summed E-state index contributed by atoms with van der Waals surface area (Å²) in [7, 11) is 0. The van der Waals surface area contributed by atoms with Crippen molar-refractivity contribution in [3.05, 3.63) is 63.4 Å². The van der Waals surface area contributed by atoms with Gasteiger partial charge in [0.15, 0.2) is 5.16 Å². The largest absolute Gasteiger partial charge is 0.379 e. The Kier molecular flexibility index (Phi) is 7.18. The van der Waals surface area contributed by atoms with Crippen LogP contribution in [-0.4, -0.2) is 40.5 Å². The smallest absolute Gasteiger partial charge is 0.262 e. The zero-order valence-electron chi connectivity index (χ0n) is 18.2. The van der Waals surface area contributed by atoms with E-state index in [2.05, 4.69) is 11.1 Å². The molecule has 0 atom stereocenters. The van der Waals surface area contributed by atoms with E-state index in [4.69, 9.17) is 16.3 Å². The van der Waals surface area contributed by atoms with E-state index in [1.54, 1.807) is 22.8 Å². The number of hydrogen-bond donors (Lipinski definition) is 0. The number of benzene rings is 2. The van der Waals surface area contributed by atoms with Crippen molar-refractivity contribution < 1.29 is 9.53 Å². The van der Waals surface area contributed by atoms with Crippen molar-refractivity contribution in [2.45, 2.75) is 44.5 Å². The molecule has 0 aliphatic carbocycles. The Morgan fingerprint density at radius 1 is 1.25 bits per heavy atom. The van der Waals surface area contributed by atoms with Crippen LogP contribution in [0.25, 0.3) is 10.9 Å². The molecular formula is C24H26ClN3O3S. The van der Waals surface area contributed by atoms with Crippen LogP contribution in [0.1, 0.15) is 25.8 Å². The number of para-hydroxylation sites is 1. The molecule has 1 aliphatic heterocycles. The molecule has 1 aliphatic rings. The zero-order chi connectivity index (χ0) is 22.7. The maximum absolute atomic E-state index is 13.2. The Hall–Kier alpha value is -2.35. The molecule has 4 rings (SSSR count). The summed E-state index contributed by atoms with van der Waals surface area (Å²) in [5.74, 6) is 0.213. The summed E-state index contributed by atoms with van der Waals surface area (Å²) in [5, 5.41) is 1.56. The molecule has 32 heavy (non-hydrogen) atoms. The molecule has 168 valence electrons. The molecule has 2 heterocycles. The third-order valence-electron chi connectivity index (χ3n) is 5.37. The first kappa shape index (κ1) is 22.8. The highest BCUT2D eigenvalue weighted by atomic mass is 35.5. The van der Waals surface area contributed by atoms with Crippen molar-refractivity contribution in [2.24, 2.45) is 0 Å². The minimum Gasteiger partial charge on any atom is -0.379 e. The molecule has 0 unspecified atom stereocenters. The Morgan fingerprint density at radius 2 is 2.06 bits per heavy atom. The van der Waals surface area contributed by atoms with Crippen molar-refractivity contribution in [3.8, 4) is 0 Å². The van der Waals surface area contributed by atoms with Crippen LogP contribution in [-0.2, 0) is 22.5 Å². The Bertz CT molecular complexity index is 1190. The number of ether oxygens (including phenoxy) is 1. The molecule has 0 saturated carbocycles. The Morgan fingerprint density at radius 3 is 2.88 bits per heavy atom. The molecule has 8 heteroatoms. The molecule has 0 spiro atoms. The third-order valence-corrected chi connectivity index (χ3v) is 6.57. The van der Waals surface area contributed by atoms with Crippen LogP contribution in [0, 0.1) is 0 Å². The number of halogens is 1. The van der Waals surface area contributed by atoms with E-state index in [9.17, 15) is 9.59 Å². The molecule has 2 aromatic carbocycles. The molecule has 1 aromatic heterocycles. The van der Waals surface area contributed by atoms with E-state index in [-0.39, 0.29) is 23.3 Å². The van der Waals surface area contributed by atoms with E-state index in [0.29, 0.717) is 47.2 Å². The molecule has 0 bridgehead atoms. The number of aromatic nitrogens is 2. The Balaban J connectivity index is 1.56. The predicted octanol–water partition coefficient (Wildman–Crippen LogP) is 4.55. The number of rotatable bonds is 8. The van der Waals surface area contributed by atoms with Gasteiger partial charge in [-0.3, -0.25) is 14.2 Å². The lowest BCUT2D eigenvalue weighted by Crippen LogP contribution is -2.31. The van der Waals surface area contributed by atoms with Crippen molar-refractivity contribution in [1.82, 2.24) is 9.55 Å². The minimum absolute atomic E-state index is 0.00933. The van der Waals surface area contributed by atoms with Crippen LogP contribution in [0.5, 0.6) is 0 Å². The maximum atomic E-state index is 13.2.